The van der Waals surface area contributed by atoms with Crippen molar-refractivity contribution in [2.45, 2.75) is 26.2 Å². The summed E-state index contributed by atoms with van der Waals surface area (Å²) in [5.74, 6) is 6.15. The Morgan fingerprint density at radius 1 is 1.21 bits per heavy atom. The average molecular weight is 194 g/mol. The van der Waals surface area contributed by atoms with Crippen molar-refractivity contribution in [3.63, 3.8) is 0 Å². The molecule has 0 unspecified atom stereocenters. The van der Waals surface area contributed by atoms with Gasteiger partial charge >= 0.3 is 0 Å². The molecule has 3 nitrogen and oxygen atoms in total. The van der Waals surface area contributed by atoms with Gasteiger partial charge in [-0.25, -0.2) is 0 Å². The summed E-state index contributed by atoms with van der Waals surface area (Å²) in [4.78, 5) is 0. The maximum atomic E-state index is 5.54. The quantitative estimate of drug-likeness (QED) is 0.415. The predicted octanol–water partition coefficient (Wildman–Crippen LogP) is 2.54. The van der Waals surface area contributed by atoms with Crippen LogP contribution in [0.3, 0.4) is 0 Å². The van der Waals surface area contributed by atoms with Gasteiger partial charge in [-0.1, -0.05) is 19.8 Å². The number of rotatable bonds is 6. The third-order valence-electron chi connectivity index (χ3n) is 2.04. The van der Waals surface area contributed by atoms with Crippen LogP contribution in [0.5, 0.6) is 5.75 Å². The van der Waals surface area contributed by atoms with E-state index in [4.69, 9.17) is 10.6 Å². The zero-order valence-electron chi connectivity index (χ0n) is 8.62. The monoisotopic (exact) mass is 194 g/mol. The van der Waals surface area contributed by atoms with Crippen LogP contribution in [0.4, 0.5) is 5.69 Å². The fraction of sp³-hybridized carbons (Fsp3) is 0.455. The molecule has 1 rings (SSSR count). The Hall–Kier alpha value is -1.22. The van der Waals surface area contributed by atoms with Crippen molar-refractivity contribution >= 4 is 5.69 Å². The second-order valence-corrected chi connectivity index (χ2v) is 3.22. The second kappa shape index (κ2) is 6.27. The first-order valence-corrected chi connectivity index (χ1v) is 5.06. The minimum absolute atomic E-state index is 0.795. The number of unbranched alkanes of at least 4 members (excludes halogenated alkanes) is 2. The molecule has 14 heavy (non-hydrogen) atoms. The summed E-state index contributed by atoms with van der Waals surface area (Å²) in [5, 5.41) is 0. The Morgan fingerprint density at radius 2 is 1.93 bits per heavy atom. The van der Waals surface area contributed by atoms with E-state index in [2.05, 4.69) is 12.3 Å². The molecular formula is C11H18N2O. The highest BCUT2D eigenvalue weighted by Crippen LogP contribution is 2.14. The topological polar surface area (TPSA) is 47.3 Å². The predicted molar refractivity (Wildman–Crippen MR) is 59.3 cm³/mol. The lowest BCUT2D eigenvalue weighted by molar-refractivity contribution is 0.306. The molecule has 0 aliphatic heterocycles. The summed E-state index contributed by atoms with van der Waals surface area (Å²) >= 11 is 0. The molecule has 0 bridgehead atoms. The van der Waals surface area contributed by atoms with Gasteiger partial charge in [-0.15, -0.1) is 0 Å². The average Bonchev–Trinajstić information content (AvgIpc) is 2.25. The van der Waals surface area contributed by atoms with Crippen molar-refractivity contribution in [3.8, 4) is 5.75 Å². The molecule has 0 atom stereocenters. The Bertz CT molecular complexity index is 246. The van der Waals surface area contributed by atoms with Crippen molar-refractivity contribution in [2.75, 3.05) is 12.0 Å². The van der Waals surface area contributed by atoms with Gasteiger partial charge in [0.05, 0.1) is 6.61 Å². The minimum atomic E-state index is 0.795. The largest absolute Gasteiger partial charge is 0.494 e. The van der Waals surface area contributed by atoms with Gasteiger partial charge in [-0.2, -0.15) is 0 Å². The molecule has 0 spiro atoms. The van der Waals surface area contributed by atoms with Crippen LogP contribution in [0.15, 0.2) is 24.3 Å². The summed E-state index contributed by atoms with van der Waals surface area (Å²) < 4.78 is 5.54. The van der Waals surface area contributed by atoms with Gasteiger partial charge in [-0.05, 0) is 30.7 Å². The number of anilines is 1. The van der Waals surface area contributed by atoms with Crippen LogP contribution in [0, 0.1) is 0 Å². The first-order chi connectivity index (χ1) is 6.86. The molecule has 0 aromatic heterocycles. The van der Waals surface area contributed by atoms with Crippen molar-refractivity contribution in [2.24, 2.45) is 5.84 Å². The lowest BCUT2D eigenvalue weighted by Crippen LogP contribution is -2.06. The molecule has 0 radical (unpaired) electrons. The zero-order chi connectivity index (χ0) is 10.2. The molecule has 0 fully saturated rings. The van der Waals surface area contributed by atoms with Crippen LogP contribution in [0.2, 0.25) is 0 Å². The molecule has 1 aromatic rings. The number of nitrogens with one attached hydrogen (secondary N) is 1. The van der Waals surface area contributed by atoms with E-state index in [1.807, 2.05) is 24.3 Å². The van der Waals surface area contributed by atoms with Gasteiger partial charge in [0.15, 0.2) is 0 Å². The number of nitrogens with two attached hydrogens (primary N) is 1. The summed E-state index contributed by atoms with van der Waals surface area (Å²) in [6, 6.07) is 7.63. The van der Waals surface area contributed by atoms with Crippen LogP contribution < -0.4 is 16.0 Å². The summed E-state index contributed by atoms with van der Waals surface area (Å²) in [6.07, 6.45) is 3.56. The van der Waals surface area contributed by atoms with E-state index >= 15 is 0 Å². The lowest BCUT2D eigenvalue weighted by atomic mass is 10.2. The van der Waals surface area contributed by atoms with Gasteiger partial charge in [0.25, 0.3) is 0 Å². The molecule has 0 aliphatic carbocycles. The van der Waals surface area contributed by atoms with E-state index in [9.17, 15) is 0 Å². The van der Waals surface area contributed by atoms with E-state index in [0.717, 1.165) is 24.5 Å². The Labute approximate surface area is 85.2 Å². The molecular weight excluding hydrogens is 176 g/mol. The Kier molecular flexibility index (Phi) is 4.86. The number of hydrazine groups is 1. The van der Waals surface area contributed by atoms with Crippen LogP contribution in [0.1, 0.15) is 26.2 Å². The van der Waals surface area contributed by atoms with Crippen LogP contribution in [0.25, 0.3) is 0 Å². The fourth-order valence-corrected chi connectivity index (χ4v) is 1.19. The standard InChI is InChI=1S/C11H18N2O/c1-2-3-4-9-14-11-7-5-10(13-12)6-8-11/h5-8,13H,2-4,9,12H2,1H3. The summed E-state index contributed by atoms with van der Waals surface area (Å²) in [6.45, 7) is 2.98. The maximum absolute atomic E-state index is 5.54. The molecule has 0 saturated heterocycles. The van der Waals surface area contributed by atoms with Gasteiger partial charge in [0.1, 0.15) is 5.75 Å². The van der Waals surface area contributed by atoms with Crippen molar-refractivity contribution in [1.29, 1.82) is 0 Å². The Balaban J connectivity index is 2.29. The highest BCUT2D eigenvalue weighted by molar-refractivity contribution is 5.44. The van der Waals surface area contributed by atoms with Gasteiger partial charge in [0.2, 0.25) is 0 Å². The smallest absolute Gasteiger partial charge is 0.119 e. The summed E-state index contributed by atoms with van der Waals surface area (Å²) in [5.41, 5.74) is 3.47. The maximum Gasteiger partial charge on any atom is 0.119 e. The first-order valence-electron chi connectivity index (χ1n) is 5.06. The molecule has 0 saturated carbocycles. The van der Waals surface area contributed by atoms with E-state index in [1.165, 1.54) is 12.8 Å². The Morgan fingerprint density at radius 3 is 2.50 bits per heavy atom. The van der Waals surface area contributed by atoms with Crippen LogP contribution >= 0.6 is 0 Å². The van der Waals surface area contributed by atoms with E-state index in [1.54, 1.807) is 0 Å². The number of benzene rings is 1. The molecule has 3 heteroatoms. The minimum Gasteiger partial charge on any atom is -0.494 e. The third kappa shape index (κ3) is 3.66. The van der Waals surface area contributed by atoms with Crippen molar-refractivity contribution in [3.05, 3.63) is 24.3 Å². The van der Waals surface area contributed by atoms with E-state index in [-0.39, 0.29) is 0 Å². The van der Waals surface area contributed by atoms with Crippen LogP contribution in [-0.4, -0.2) is 6.61 Å². The second-order valence-electron chi connectivity index (χ2n) is 3.22. The number of hydrogen-bond acceptors (Lipinski definition) is 3. The normalized spacial score (nSPS) is 9.86. The van der Waals surface area contributed by atoms with Crippen molar-refractivity contribution < 1.29 is 4.74 Å². The van der Waals surface area contributed by atoms with Crippen LogP contribution in [-0.2, 0) is 0 Å². The number of nitrogen functional groups attached to an aromatic ring is 1. The van der Waals surface area contributed by atoms with Gasteiger partial charge in [0, 0.05) is 5.69 Å². The van der Waals surface area contributed by atoms with E-state index in [0.29, 0.717) is 0 Å². The molecule has 3 N–H and O–H groups in total. The fourth-order valence-electron chi connectivity index (χ4n) is 1.19. The molecule has 78 valence electrons. The first kappa shape index (κ1) is 10.9. The van der Waals surface area contributed by atoms with E-state index < -0.39 is 0 Å². The molecule has 0 heterocycles. The van der Waals surface area contributed by atoms with Gasteiger partial charge in [-0.3, -0.25) is 5.84 Å². The zero-order valence-corrected chi connectivity index (χ0v) is 8.62. The number of ether oxygens (including phenoxy) is 1. The molecule has 0 aliphatic rings. The highest BCUT2D eigenvalue weighted by atomic mass is 16.5. The SMILES string of the molecule is CCCCCOc1ccc(NN)cc1. The molecule has 1 aromatic carbocycles. The highest BCUT2D eigenvalue weighted by Gasteiger charge is 1.93. The lowest BCUT2D eigenvalue weighted by Gasteiger charge is -2.06. The van der Waals surface area contributed by atoms with Crippen molar-refractivity contribution in [1.82, 2.24) is 0 Å². The van der Waals surface area contributed by atoms with Gasteiger partial charge < -0.3 is 10.2 Å². The number of hydrogen-bond donors (Lipinski definition) is 2. The summed E-state index contributed by atoms with van der Waals surface area (Å²) in [7, 11) is 0. The third-order valence-corrected chi connectivity index (χ3v) is 2.04. The molecule has 0 amide bonds.